The van der Waals surface area contributed by atoms with Gasteiger partial charge in [0.2, 0.25) is 0 Å². The fourth-order valence-corrected chi connectivity index (χ4v) is 2.82. The van der Waals surface area contributed by atoms with Crippen LogP contribution in [0.5, 0.6) is 0 Å². The van der Waals surface area contributed by atoms with Crippen LogP contribution in [0.4, 0.5) is 0 Å². The molecule has 0 aromatic heterocycles. The highest BCUT2D eigenvalue weighted by Crippen LogP contribution is 2.20. The van der Waals surface area contributed by atoms with Gasteiger partial charge in [0.25, 0.3) is 0 Å². The monoisotopic (exact) mass is 226 g/mol. The van der Waals surface area contributed by atoms with Crippen molar-refractivity contribution in [2.24, 2.45) is 11.8 Å². The van der Waals surface area contributed by atoms with E-state index in [2.05, 4.69) is 17.1 Å². The third-order valence-corrected chi connectivity index (χ3v) is 3.77. The number of ether oxygens (including phenoxy) is 1. The van der Waals surface area contributed by atoms with E-state index >= 15 is 0 Å². The lowest BCUT2D eigenvalue weighted by Gasteiger charge is -2.19. The molecular formula is C13H26N2O. The smallest absolute Gasteiger partial charge is 0.0507 e. The van der Waals surface area contributed by atoms with Gasteiger partial charge in [-0.25, -0.2) is 0 Å². The van der Waals surface area contributed by atoms with Crippen LogP contribution >= 0.6 is 0 Å². The van der Waals surface area contributed by atoms with Crippen molar-refractivity contribution in [3.05, 3.63) is 0 Å². The summed E-state index contributed by atoms with van der Waals surface area (Å²) in [6.07, 6.45) is 3.90. The molecule has 3 nitrogen and oxygen atoms in total. The molecule has 0 aliphatic carbocycles. The van der Waals surface area contributed by atoms with Crippen molar-refractivity contribution in [2.75, 3.05) is 45.9 Å². The Morgan fingerprint density at radius 2 is 2.25 bits per heavy atom. The van der Waals surface area contributed by atoms with Crippen molar-refractivity contribution < 1.29 is 4.74 Å². The summed E-state index contributed by atoms with van der Waals surface area (Å²) in [6, 6.07) is 0. The maximum absolute atomic E-state index is 5.43. The zero-order valence-electron chi connectivity index (χ0n) is 10.6. The SMILES string of the molecule is CCCNCC1CCN(CC2CCOC2)C1. The second kappa shape index (κ2) is 6.58. The van der Waals surface area contributed by atoms with E-state index in [0.717, 1.165) is 25.0 Å². The standard InChI is InChI=1S/C13H26N2O/c1-2-5-14-8-12-3-6-15(9-12)10-13-4-7-16-11-13/h12-14H,2-11H2,1H3. The predicted octanol–water partition coefficient (Wildman–Crippen LogP) is 1.34. The van der Waals surface area contributed by atoms with Gasteiger partial charge in [0.05, 0.1) is 6.61 Å². The van der Waals surface area contributed by atoms with Crippen molar-refractivity contribution >= 4 is 0 Å². The minimum Gasteiger partial charge on any atom is -0.381 e. The van der Waals surface area contributed by atoms with Gasteiger partial charge in [0.1, 0.15) is 0 Å². The number of nitrogens with zero attached hydrogens (tertiary/aromatic N) is 1. The highest BCUT2D eigenvalue weighted by atomic mass is 16.5. The summed E-state index contributed by atoms with van der Waals surface area (Å²) in [5.41, 5.74) is 0. The number of hydrogen-bond acceptors (Lipinski definition) is 3. The van der Waals surface area contributed by atoms with Gasteiger partial charge < -0.3 is 15.0 Å². The van der Waals surface area contributed by atoms with E-state index in [-0.39, 0.29) is 0 Å². The molecule has 0 aromatic carbocycles. The molecule has 0 aromatic rings. The summed E-state index contributed by atoms with van der Waals surface area (Å²) in [5, 5.41) is 3.54. The topological polar surface area (TPSA) is 24.5 Å². The molecule has 2 atom stereocenters. The van der Waals surface area contributed by atoms with Crippen LogP contribution in [0.2, 0.25) is 0 Å². The van der Waals surface area contributed by atoms with E-state index in [0.29, 0.717) is 0 Å². The Labute approximate surface area is 99.5 Å². The summed E-state index contributed by atoms with van der Waals surface area (Å²) < 4.78 is 5.43. The lowest BCUT2D eigenvalue weighted by molar-refractivity contribution is 0.173. The lowest BCUT2D eigenvalue weighted by atomic mass is 10.1. The molecule has 0 bridgehead atoms. The third-order valence-electron chi connectivity index (χ3n) is 3.77. The first-order chi connectivity index (χ1) is 7.88. The first-order valence-corrected chi connectivity index (χ1v) is 6.89. The molecular weight excluding hydrogens is 200 g/mol. The molecule has 2 unspecified atom stereocenters. The van der Waals surface area contributed by atoms with E-state index in [4.69, 9.17) is 4.74 Å². The molecule has 2 rings (SSSR count). The molecule has 2 saturated heterocycles. The average Bonchev–Trinajstić information content (AvgIpc) is 2.91. The van der Waals surface area contributed by atoms with Gasteiger partial charge in [0.15, 0.2) is 0 Å². The van der Waals surface area contributed by atoms with Gasteiger partial charge in [-0.05, 0) is 50.7 Å². The van der Waals surface area contributed by atoms with Crippen molar-refractivity contribution in [1.82, 2.24) is 10.2 Å². The summed E-state index contributed by atoms with van der Waals surface area (Å²) in [6.45, 7) is 10.5. The van der Waals surface area contributed by atoms with Crippen LogP contribution in [0.25, 0.3) is 0 Å². The summed E-state index contributed by atoms with van der Waals surface area (Å²) in [5.74, 6) is 1.69. The minimum absolute atomic E-state index is 0.808. The van der Waals surface area contributed by atoms with Crippen LogP contribution in [0.15, 0.2) is 0 Å². The molecule has 16 heavy (non-hydrogen) atoms. The van der Waals surface area contributed by atoms with Crippen molar-refractivity contribution in [3.63, 3.8) is 0 Å². The molecule has 0 amide bonds. The van der Waals surface area contributed by atoms with Crippen molar-refractivity contribution in [1.29, 1.82) is 0 Å². The van der Waals surface area contributed by atoms with E-state index < -0.39 is 0 Å². The van der Waals surface area contributed by atoms with Gasteiger partial charge in [-0.3, -0.25) is 0 Å². The Balaban J connectivity index is 1.59. The maximum Gasteiger partial charge on any atom is 0.0507 e. The van der Waals surface area contributed by atoms with Gasteiger partial charge in [-0.2, -0.15) is 0 Å². The fourth-order valence-electron chi connectivity index (χ4n) is 2.82. The largest absolute Gasteiger partial charge is 0.381 e. The molecule has 2 aliphatic rings. The Hall–Kier alpha value is -0.120. The van der Waals surface area contributed by atoms with Crippen molar-refractivity contribution in [2.45, 2.75) is 26.2 Å². The van der Waals surface area contributed by atoms with Gasteiger partial charge in [-0.15, -0.1) is 0 Å². The zero-order valence-corrected chi connectivity index (χ0v) is 10.6. The second-order valence-corrected chi connectivity index (χ2v) is 5.35. The van der Waals surface area contributed by atoms with Crippen LogP contribution in [0.1, 0.15) is 26.2 Å². The molecule has 0 radical (unpaired) electrons. The average molecular weight is 226 g/mol. The van der Waals surface area contributed by atoms with E-state index in [9.17, 15) is 0 Å². The van der Waals surface area contributed by atoms with Gasteiger partial charge >= 0.3 is 0 Å². The third kappa shape index (κ3) is 3.72. The van der Waals surface area contributed by atoms with E-state index in [1.807, 2.05) is 0 Å². The fraction of sp³-hybridized carbons (Fsp3) is 1.00. The van der Waals surface area contributed by atoms with Crippen LogP contribution in [-0.2, 0) is 4.74 Å². The molecule has 0 saturated carbocycles. The zero-order chi connectivity index (χ0) is 11.2. The molecule has 94 valence electrons. The van der Waals surface area contributed by atoms with Gasteiger partial charge in [0, 0.05) is 19.7 Å². The maximum atomic E-state index is 5.43. The summed E-state index contributed by atoms with van der Waals surface area (Å²) in [4.78, 5) is 2.64. The molecule has 0 spiro atoms. The molecule has 2 aliphatic heterocycles. The first kappa shape index (κ1) is 12.3. The number of nitrogens with one attached hydrogen (secondary N) is 1. The quantitative estimate of drug-likeness (QED) is 0.692. The lowest BCUT2D eigenvalue weighted by Crippen LogP contribution is -2.30. The predicted molar refractivity (Wildman–Crippen MR) is 66.6 cm³/mol. The van der Waals surface area contributed by atoms with Crippen LogP contribution in [-0.4, -0.2) is 50.8 Å². The van der Waals surface area contributed by atoms with E-state index in [1.165, 1.54) is 52.0 Å². The Morgan fingerprint density at radius 1 is 1.31 bits per heavy atom. The Bertz CT molecular complexity index is 192. The van der Waals surface area contributed by atoms with Crippen LogP contribution in [0.3, 0.4) is 0 Å². The minimum atomic E-state index is 0.808. The van der Waals surface area contributed by atoms with Gasteiger partial charge in [-0.1, -0.05) is 6.92 Å². The molecule has 1 N–H and O–H groups in total. The first-order valence-electron chi connectivity index (χ1n) is 6.89. The molecule has 2 heterocycles. The molecule has 2 fully saturated rings. The number of hydrogen-bond donors (Lipinski definition) is 1. The molecule has 3 heteroatoms. The Kier molecular flexibility index (Phi) is 5.07. The highest BCUT2D eigenvalue weighted by Gasteiger charge is 2.25. The summed E-state index contributed by atoms with van der Waals surface area (Å²) >= 11 is 0. The van der Waals surface area contributed by atoms with E-state index in [1.54, 1.807) is 0 Å². The second-order valence-electron chi connectivity index (χ2n) is 5.35. The number of likely N-dealkylation sites (tertiary alicyclic amines) is 1. The highest BCUT2D eigenvalue weighted by molar-refractivity contribution is 4.79. The summed E-state index contributed by atoms with van der Waals surface area (Å²) in [7, 11) is 0. The van der Waals surface area contributed by atoms with Crippen LogP contribution < -0.4 is 5.32 Å². The Morgan fingerprint density at radius 3 is 3.00 bits per heavy atom. The number of rotatable bonds is 6. The normalized spacial score (nSPS) is 31.3. The van der Waals surface area contributed by atoms with Crippen LogP contribution in [0, 0.1) is 11.8 Å². The van der Waals surface area contributed by atoms with Crippen molar-refractivity contribution in [3.8, 4) is 0 Å².